The highest BCUT2D eigenvalue weighted by molar-refractivity contribution is 7.91. The third kappa shape index (κ3) is 4.63. The number of sulfone groups is 1. The highest BCUT2D eigenvalue weighted by atomic mass is 35.5. The maximum Gasteiger partial charge on any atom is 0.260 e. The molecule has 0 unspecified atom stereocenters. The minimum atomic E-state index is -3.67. The van der Waals surface area contributed by atoms with Gasteiger partial charge in [0.2, 0.25) is 9.84 Å². The highest BCUT2D eigenvalue weighted by Crippen LogP contribution is 2.29. The Balaban J connectivity index is 0.00000256. The Morgan fingerprint density at radius 1 is 1.10 bits per heavy atom. The van der Waals surface area contributed by atoms with Crippen LogP contribution in [0.15, 0.2) is 64.5 Å². The number of aryl methyl sites for hydroxylation is 1. The van der Waals surface area contributed by atoms with Crippen molar-refractivity contribution in [3.63, 3.8) is 0 Å². The lowest BCUT2D eigenvalue weighted by Gasteiger charge is -2.32. The minimum absolute atomic E-state index is 0. The molecule has 0 atom stereocenters. The number of alkyl halides is 2. The Labute approximate surface area is 181 Å². The first-order valence-corrected chi connectivity index (χ1v) is 11.0. The zero-order chi connectivity index (χ0) is 20.6. The predicted octanol–water partition coefficient (Wildman–Crippen LogP) is 5.03. The molecule has 1 aromatic heterocycles. The van der Waals surface area contributed by atoms with Crippen molar-refractivity contribution >= 4 is 33.1 Å². The largest absolute Gasteiger partial charge is 0.293 e. The van der Waals surface area contributed by atoms with E-state index in [0.717, 1.165) is 11.1 Å². The number of hydrogen-bond donors (Lipinski definition) is 0. The molecule has 4 nitrogen and oxygen atoms in total. The number of para-hydroxylation sites is 1. The molecular weight excluding hydrogens is 430 g/mol. The van der Waals surface area contributed by atoms with Gasteiger partial charge in [0.15, 0.2) is 0 Å². The van der Waals surface area contributed by atoms with Gasteiger partial charge >= 0.3 is 0 Å². The molecule has 30 heavy (non-hydrogen) atoms. The third-order valence-corrected chi connectivity index (χ3v) is 7.01. The zero-order valence-electron chi connectivity index (χ0n) is 16.5. The first-order valence-electron chi connectivity index (χ1n) is 9.54. The van der Waals surface area contributed by atoms with Crippen LogP contribution < -0.4 is 0 Å². The van der Waals surface area contributed by atoms with Crippen molar-refractivity contribution in [2.75, 3.05) is 13.1 Å². The molecule has 0 saturated carbocycles. The predicted molar refractivity (Wildman–Crippen MR) is 115 cm³/mol. The van der Waals surface area contributed by atoms with Crippen molar-refractivity contribution in [1.29, 1.82) is 0 Å². The fourth-order valence-corrected chi connectivity index (χ4v) is 4.99. The van der Waals surface area contributed by atoms with Crippen LogP contribution >= 0.6 is 12.4 Å². The number of rotatable bonds is 4. The summed E-state index contributed by atoms with van der Waals surface area (Å²) in [5.41, 5.74) is 2.44. The zero-order valence-corrected chi connectivity index (χ0v) is 18.1. The van der Waals surface area contributed by atoms with E-state index < -0.39 is 15.8 Å². The fraction of sp³-hybridized carbons (Fsp3) is 0.318. The van der Waals surface area contributed by atoms with Crippen molar-refractivity contribution in [3.8, 4) is 0 Å². The van der Waals surface area contributed by atoms with E-state index in [9.17, 15) is 17.2 Å². The number of likely N-dealkylation sites (tertiary alicyclic amines) is 1. The molecule has 1 aliphatic rings. The molecule has 0 bridgehead atoms. The summed E-state index contributed by atoms with van der Waals surface area (Å²) in [6.07, 6.45) is 1.74. The highest BCUT2D eigenvalue weighted by Gasteiger charge is 2.35. The second-order valence-electron chi connectivity index (χ2n) is 7.65. The van der Waals surface area contributed by atoms with E-state index in [0.29, 0.717) is 30.4 Å². The van der Waals surface area contributed by atoms with Crippen molar-refractivity contribution < 1.29 is 17.2 Å². The molecule has 0 radical (unpaired) electrons. The van der Waals surface area contributed by atoms with Crippen LogP contribution in [-0.4, -0.2) is 37.3 Å². The normalized spacial score (nSPS) is 16.9. The molecule has 3 aromatic rings. The number of halogens is 3. The Bertz CT molecular complexity index is 1150. The molecule has 1 fully saturated rings. The molecule has 2 heterocycles. The molecule has 1 saturated heterocycles. The van der Waals surface area contributed by atoms with E-state index in [1.165, 1.54) is 6.20 Å². The molecule has 0 N–H and O–H groups in total. The molecule has 2 aromatic carbocycles. The Morgan fingerprint density at radius 2 is 1.83 bits per heavy atom. The molecule has 1 aliphatic heterocycles. The number of piperidine rings is 1. The second kappa shape index (κ2) is 8.57. The van der Waals surface area contributed by atoms with Gasteiger partial charge in [-0.2, -0.15) is 0 Å². The van der Waals surface area contributed by atoms with E-state index >= 15 is 0 Å². The summed E-state index contributed by atoms with van der Waals surface area (Å²) in [5.74, 6) is -2.66. The van der Waals surface area contributed by atoms with Gasteiger partial charge in [-0.15, -0.1) is 12.4 Å². The first kappa shape index (κ1) is 22.6. The molecular formula is C22H23ClF2N2O2S. The molecule has 8 heteroatoms. The monoisotopic (exact) mass is 452 g/mol. The van der Waals surface area contributed by atoms with Gasteiger partial charge in [0.05, 0.1) is 21.9 Å². The third-order valence-electron chi connectivity index (χ3n) is 5.28. The average molecular weight is 453 g/mol. The second-order valence-corrected chi connectivity index (χ2v) is 9.60. The smallest absolute Gasteiger partial charge is 0.260 e. The maximum atomic E-state index is 13.7. The van der Waals surface area contributed by atoms with Gasteiger partial charge < -0.3 is 0 Å². The van der Waals surface area contributed by atoms with Crippen molar-refractivity contribution in [3.05, 3.63) is 65.9 Å². The van der Waals surface area contributed by atoms with Gasteiger partial charge in [0.1, 0.15) is 0 Å². The number of hydrogen-bond acceptors (Lipinski definition) is 4. The summed E-state index contributed by atoms with van der Waals surface area (Å²) in [6.45, 7) is 2.62. The lowest BCUT2D eigenvalue weighted by molar-refractivity contribution is -0.0660. The summed E-state index contributed by atoms with van der Waals surface area (Å²) >= 11 is 0. The van der Waals surface area contributed by atoms with Gasteiger partial charge in [-0.3, -0.25) is 9.88 Å². The van der Waals surface area contributed by atoms with Crippen LogP contribution in [0.5, 0.6) is 0 Å². The van der Waals surface area contributed by atoms with E-state index in [1.807, 2.05) is 19.1 Å². The Hall–Kier alpha value is -2.09. The van der Waals surface area contributed by atoms with Gasteiger partial charge in [0, 0.05) is 24.5 Å². The van der Waals surface area contributed by atoms with Crippen LogP contribution in [0.1, 0.15) is 24.0 Å². The molecule has 0 amide bonds. The quantitative estimate of drug-likeness (QED) is 0.557. The molecule has 4 rings (SSSR count). The van der Waals surface area contributed by atoms with Crippen LogP contribution in [0.3, 0.4) is 0 Å². The fourth-order valence-electron chi connectivity index (χ4n) is 3.75. The Morgan fingerprint density at radius 3 is 2.53 bits per heavy atom. The van der Waals surface area contributed by atoms with Crippen LogP contribution in [0.25, 0.3) is 10.9 Å². The summed E-state index contributed by atoms with van der Waals surface area (Å²) in [4.78, 5) is 6.47. The van der Waals surface area contributed by atoms with Crippen molar-refractivity contribution in [2.24, 2.45) is 0 Å². The lowest BCUT2D eigenvalue weighted by Crippen LogP contribution is -2.42. The van der Waals surface area contributed by atoms with Crippen molar-refractivity contribution in [2.45, 2.75) is 42.0 Å². The topological polar surface area (TPSA) is 50.3 Å². The molecule has 0 aliphatic carbocycles. The van der Waals surface area contributed by atoms with E-state index in [-0.39, 0.29) is 35.2 Å². The van der Waals surface area contributed by atoms with Gasteiger partial charge in [-0.25, -0.2) is 17.2 Å². The number of aromatic nitrogens is 1. The van der Waals surface area contributed by atoms with E-state index in [2.05, 4.69) is 4.98 Å². The van der Waals surface area contributed by atoms with Crippen molar-refractivity contribution in [1.82, 2.24) is 9.88 Å². The SMILES string of the molecule is Cc1ccc(S(=O)(=O)c2cnc3c(CN4CCCC(F)(F)C4)cccc3c2)cc1.Cl. The number of nitrogens with zero attached hydrogens (tertiary/aromatic N) is 2. The number of pyridine rings is 1. The number of fused-ring (bicyclic) bond motifs is 1. The summed E-state index contributed by atoms with van der Waals surface area (Å²) in [5, 5.41) is 0.680. The van der Waals surface area contributed by atoms with Crippen LogP contribution in [-0.2, 0) is 16.4 Å². The van der Waals surface area contributed by atoms with Crippen LogP contribution in [0.2, 0.25) is 0 Å². The minimum Gasteiger partial charge on any atom is -0.293 e. The molecule has 0 spiro atoms. The summed E-state index contributed by atoms with van der Waals surface area (Å²) < 4.78 is 53.3. The number of benzene rings is 2. The molecule has 160 valence electrons. The lowest BCUT2D eigenvalue weighted by atomic mass is 10.0. The van der Waals surface area contributed by atoms with Crippen LogP contribution in [0, 0.1) is 6.92 Å². The maximum absolute atomic E-state index is 13.7. The first-order chi connectivity index (χ1) is 13.7. The standard InChI is InChI=1S/C22H22F2N2O2S.ClH/c1-16-6-8-19(9-7-16)29(27,28)20-12-17-4-2-5-18(21(17)25-13-20)14-26-11-3-10-22(23,24)15-26;/h2,4-9,12-13H,3,10-11,14-15H2,1H3;1H. The van der Waals surface area contributed by atoms with E-state index in [1.54, 1.807) is 41.3 Å². The van der Waals surface area contributed by atoms with Gasteiger partial charge in [-0.05, 0) is 43.7 Å². The summed E-state index contributed by atoms with van der Waals surface area (Å²) in [6, 6.07) is 13.8. The van der Waals surface area contributed by atoms with Gasteiger partial charge in [-0.1, -0.05) is 35.9 Å². The van der Waals surface area contributed by atoms with E-state index in [4.69, 9.17) is 0 Å². The summed E-state index contributed by atoms with van der Waals surface area (Å²) in [7, 11) is -3.67. The Kier molecular flexibility index (Phi) is 6.45. The van der Waals surface area contributed by atoms with Gasteiger partial charge in [0.25, 0.3) is 5.92 Å². The average Bonchev–Trinajstić information content (AvgIpc) is 2.67. The van der Waals surface area contributed by atoms with Crippen LogP contribution in [0.4, 0.5) is 8.78 Å².